The average Bonchev–Trinajstić information content (AvgIpc) is 2.36. The third kappa shape index (κ3) is 4.27. The van der Waals surface area contributed by atoms with Crippen molar-refractivity contribution >= 4 is 11.6 Å². The van der Waals surface area contributed by atoms with Gasteiger partial charge in [-0.2, -0.15) is 0 Å². The van der Waals surface area contributed by atoms with Crippen molar-refractivity contribution in [3.05, 3.63) is 39.7 Å². The molecule has 1 rings (SSSR count). The molecule has 19 heavy (non-hydrogen) atoms. The molecule has 2 N–H and O–H groups in total. The quantitative estimate of drug-likeness (QED) is 0.579. The Bertz CT molecular complexity index is 480. The van der Waals surface area contributed by atoms with E-state index < -0.39 is 28.4 Å². The van der Waals surface area contributed by atoms with Crippen molar-refractivity contribution in [3.63, 3.8) is 0 Å². The lowest BCUT2D eigenvalue weighted by Gasteiger charge is -2.10. The van der Waals surface area contributed by atoms with Crippen molar-refractivity contribution in [1.82, 2.24) is 5.32 Å². The Morgan fingerprint density at radius 3 is 2.89 bits per heavy atom. The number of nitro groups is 1. The van der Waals surface area contributed by atoms with Gasteiger partial charge in [-0.05, 0) is 12.1 Å². The molecule has 0 aliphatic carbocycles. The van der Waals surface area contributed by atoms with E-state index in [2.05, 4.69) is 10.1 Å². The van der Waals surface area contributed by atoms with E-state index in [0.29, 0.717) is 6.07 Å². The van der Waals surface area contributed by atoms with Crippen LogP contribution >= 0.6 is 0 Å². The van der Waals surface area contributed by atoms with Crippen LogP contribution in [-0.4, -0.2) is 42.3 Å². The molecule has 7 nitrogen and oxygen atoms in total. The minimum absolute atomic E-state index is 0.0196. The maximum Gasteiger partial charge on any atom is 0.285 e. The van der Waals surface area contributed by atoms with Crippen molar-refractivity contribution in [1.29, 1.82) is 0 Å². The van der Waals surface area contributed by atoms with Crippen LogP contribution in [0.4, 0.5) is 10.1 Å². The van der Waals surface area contributed by atoms with E-state index >= 15 is 0 Å². The van der Waals surface area contributed by atoms with Crippen molar-refractivity contribution in [2.45, 2.75) is 6.10 Å². The molecule has 0 aliphatic heterocycles. The largest absolute Gasteiger partial charge is 0.389 e. The van der Waals surface area contributed by atoms with Crippen LogP contribution in [0.5, 0.6) is 0 Å². The van der Waals surface area contributed by atoms with Crippen LogP contribution in [0.15, 0.2) is 18.2 Å². The molecule has 0 bridgehead atoms. The monoisotopic (exact) mass is 272 g/mol. The second-order valence-corrected chi connectivity index (χ2v) is 3.74. The number of carbonyl (C=O) groups is 1. The lowest BCUT2D eigenvalue weighted by Crippen LogP contribution is -2.34. The summed E-state index contributed by atoms with van der Waals surface area (Å²) >= 11 is 0. The maximum atomic E-state index is 12.9. The van der Waals surface area contributed by atoms with Crippen molar-refractivity contribution in [3.8, 4) is 0 Å². The van der Waals surface area contributed by atoms with Gasteiger partial charge in [-0.25, -0.2) is 4.39 Å². The van der Waals surface area contributed by atoms with E-state index in [4.69, 9.17) is 0 Å². The first-order chi connectivity index (χ1) is 8.95. The minimum atomic E-state index is -0.923. The fourth-order valence-electron chi connectivity index (χ4n) is 1.40. The van der Waals surface area contributed by atoms with Crippen LogP contribution in [0.25, 0.3) is 0 Å². The number of aliphatic hydroxyl groups excluding tert-OH is 1. The highest BCUT2D eigenvalue weighted by atomic mass is 19.1. The van der Waals surface area contributed by atoms with Crippen LogP contribution in [0.2, 0.25) is 0 Å². The number of nitrogens with one attached hydrogen (secondary N) is 1. The molecule has 0 fully saturated rings. The van der Waals surface area contributed by atoms with Gasteiger partial charge in [0.2, 0.25) is 0 Å². The van der Waals surface area contributed by atoms with Crippen LogP contribution in [-0.2, 0) is 4.74 Å². The predicted octanol–water partition coefficient (Wildman–Crippen LogP) is 0.471. The number of ether oxygens (including phenoxy) is 1. The summed E-state index contributed by atoms with van der Waals surface area (Å²) in [5, 5.41) is 22.3. The Morgan fingerprint density at radius 2 is 2.32 bits per heavy atom. The summed E-state index contributed by atoms with van der Waals surface area (Å²) in [5.74, 6) is -1.57. The number of amides is 1. The number of aliphatic hydroxyl groups is 1. The molecule has 0 aliphatic rings. The summed E-state index contributed by atoms with van der Waals surface area (Å²) in [4.78, 5) is 21.6. The molecule has 0 saturated heterocycles. The fraction of sp³-hybridized carbons (Fsp3) is 0.364. The van der Waals surface area contributed by atoms with Crippen molar-refractivity contribution in [2.75, 3.05) is 20.3 Å². The van der Waals surface area contributed by atoms with Gasteiger partial charge in [-0.15, -0.1) is 0 Å². The van der Waals surface area contributed by atoms with Gasteiger partial charge in [0.1, 0.15) is 11.4 Å². The Kier molecular flexibility index (Phi) is 5.34. The van der Waals surface area contributed by atoms with E-state index in [-0.39, 0.29) is 18.7 Å². The number of carbonyl (C=O) groups excluding carboxylic acids is 1. The summed E-state index contributed by atoms with van der Waals surface area (Å²) in [7, 11) is 1.38. The van der Waals surface area contributed by atoms with Gasteiger partial charge in [0, 0.05) is 13.7 Å². The van der Waals surface area contributed by atoms with E-state index in [1.807, 2.05) is 0 Å². The smallest absolute Gasteiger partial charge is 0.285 e. The molecule has 1 unspecified atom stereocenters. The number of nitro benzene ring substituents is 1. The van der Waals surface area contributed by atoms with Gasteiger partial charge in [-0.1, -0.05) is 0 Å². The third-order valence-corrected chi connectivity index (χ3v) is 2.26. The first kappa shape index (κ1) is 15.0. The highest BCUT2D eigenvalue weighted by molar-refractivity contribution is 5.98. The van der Waals surface area contributed by atoms with Crippen LogP contribution in [0, 0.1) is 15.9 Å². The second kappa shape index (κ2) is 6.76. The molecule has 0 radical (unpaired) electrons. The lowest BCUT2D eigenvalue weighted by atomic mass is 10.1. The summed E-state index contributed by atoms with van der Waals surface area (Å²) in [6, 6.07) is 2.64. The number of rotatable bonds is 6. The zero-order chi connectivity index (χ0) is 14.4. The van der Waals surface area contributed by atoms with Crippen molar-refractivity contribution in [2.24, 2.45) is 0 Å². The first-order valence-corrected chi connectivity index (χ1v) is 5.35. The number of hydrogen-bond acceptors (Lipinski definition) is 5. The summed E-state index contributed by atoms with van der Waals surface area (Å²) in [6.45, 7) is -0.104. The van der Waals surface area contributed by atoms with Crippen LogP contribution in [0.3, 0.4) is 0 Å². The summed E-state index contributed by atoms with van der Waals surface area (Å²) < 4.78 is 17.6. The zero-order valence-electron chi connectivity index (χ0n) is 10.1. The Labute approximate surface area is 108 Å². The Balaban J connectivity index is 2.79. The fourth-order valence-corrected chi connectivity index (χ4v) is 1.40. The maximum absolute atomic E-state index is 12.9. The van der Waals surface area contributed by atoms with E-state index in [1.54, 1.807) is 0 Å². The number of methoxy groups -OCH3 is 1. The molecular formula is C11H13FN2O5. The second-order valence-electron chi connectivity index (χ2n) is 3.74. The van der Waals surface area contributed by atoms with Crippen molar-refractivity contribution < 1.29 is 24.0 Å². The highest BCUT2D eigenvalue weighted by Gasteiger charge is 2.21. The van der Waals surface area contributed by atoms with Gasteiger partial charge in [0.25, 0.3) is 11.6 Å². The molecule has 1 atom stereocenters. The van der Waals surface area contributed by atoms with E-state index in [9.17, 15) is 24.4 Å². The molecular weight excluding hydrogens is 259 g/mol. The Hall–Kier alpha value is -2.06. The number of benzene rings is 1. The zero-order valence-corrected chi connectivity index (χ0v) is 10.1. The van der Waals surface area contributed by atoms with Gasteiger partial charge in [0.05, 0.1) is 23.7 Å². The average molecular weight is 272 g/mol. The van der Waals surface area contributed by atoms with Gasteiger partial charge in [0.15, 0.2) is 0 Å². The molecule has 0 saturated carbocycles. The molecule has 0 aromatic heterocycles. The van der Waals surface area contributed by atoms with E-state index in [1.165, 1.54) is 7.11 Å². The predicted molar refractivity (Wildman–Crippen MR) is 63.3 cm³/mol. The molecule has 1 amide bonds. The first-order valence-electron chi connectivity index (χ1n) is 5.35. The minimum Gasteiger partial charge on any atom is -0.389 e. The standard InChI is InChI=1S/C11H13FN2O5/c1-19-6-8(15)5-13-11(16)9-3-2-7(12)4-10(9)14(17)18/h2-4,8,15H,5-6H2,1H3,(H,13,16). The Morgan fingerprint density at radius 1 is 1.63 bits per heavy atom. The van der Waals surface area contributed by atoms with Crippen LogP contribution in [0.1, 0.15) is 10.4 Å². The van der Waals surface area contributed by atoms with Gasteiger partial charge < -0.3 is 15.2 Å². The van der Waals surface area contributed by atoms with Crippen LogP contribution < -0.4 is 5.32 Å². The lowest BCUT2D eigenvalue weighted by molar-refractivity contribution is -0.385. The van der Waals surface area contributed by atoms with Gasteiger partial charge in [-0.3, -0.25) is 14.9 Å². The van der Waals surface area contributed by atoms with Gasteiger partial charge >= 0.3 is 0 Å². The number of hydrogen-bond donors (Lipinski definition) is 2. The molecule has 0 heterocycles. The molecule has 1 aromatic carbocycles. The topological polar surface area (TPSA) is 102 Å². The highest BCUT2D eigenvalue weighted by Crippen LogP contribution is 2.19. The molecule has 0 spiro atoms. The third-order valence-electron chi connectivity index (χ3n) is 2.26. The van der Waals surface area contributed by atoms with E-state index in [0.717, 1.165) is 12.1 Å². The molecule has 104 valence electrons. The molecule has 8 heteroatoms. The number of halogens is 1. The summed E-state index contributed by atoms with van der Waals surface area (Å²) in [5.41, 5.74) is -0.894. The summed E-state index contributed by atoms with van der Waals surface area (Å²) in [6.07, 6.45) is -0.923. The molecule has 1 aromatic rings. The normalized spacial score (nSPS) is 11.9. The SMILES string of the molecule is COCC(O)CNC(=O)c1ccc(F)cc1[N+](=O)[O-]. The number of nitrogens with zero attached hydrogens (tertiary/aromatic N) is 1.